The summed E-state index contributed by atoms with van der Waals surface area (Å²) in [6.07, 6.45) is 0.195. The second kappa shape index (κ2) is 7.28. The minimum Gasteiger partial charge on any atom is -0.491 e. The Morgan fingerprint density at radius 2 is 1.62 bits per heavy atom. The van der Waals surface area contributed by atoms with Crippen LogP contribution >= 0.6 is 0 Å². The van der Waals surface area contributed by atoms with Gasteiger partial charge in [0.1, 0.15) is 5.75 Å². The SMILES string of the molecule is CCNC(C)c1cccc(-c2cccc(OC(C)C)c2)c1. The van der Waals surface area contributed by atoms with Crippen molar-refractivity contribution in [3.05, 3.63) is 54.1 Å². The maximum atomic E-state index is 5.78. The Kier molecular flexibility index (Phi) is 5.40. The molecule has 2 heteroatoms. The van der Waals surface area contributed by atoms with Crippen LogP contribution in [0.4, 0.5) is 0 Å². The monoisotopic (exact) mass is 283 g/mol. The van der Waals surface area contributed by atoms with E-state index in [1.54, 1.807) is 0 Å². The molecule has 0 bridgehead atoms. The summed E-state index contributed by atoms with van der Waals surface area (Å²) < 4.78 is 5.78. The van der Waals surface area contributed by atoms with Crippen LogP contribution in [0.3, 0.4) is 0 Å². The van der Waals surface area contributed by atoms with E-state index >= 15 is 0 Å². The van der Waals surface area contributed by atoms with Gasteiger partial charge in [0.25, 0.3) is 0 Å². The van der Waals surface area contributed by atoms with Crippen molar-refractivity contribution in [2.24, 2.45) is 0 Å². The van der Waals surface area contributed by atoms with Crippen LogP contribution in [-0.4, -0.2) is 12.6 Å². The van der Waals surface area contributed by atoms with Gasteiger partial charge in [0.2, 0.25) is 0 Å². The van der Waals surface area contributed by atoms with Crippen molar-refractivity contribution in [3.8, 4) is 16.9 Å². The molecule has 1 unspecified atom stereocenters. The maximum absolute atomic E-state index is 5.78. The topological polar surface area (TPSA) is 21.3 Å². The lowest BCUT2D eigenvalue weighted by atomic mass is 10.00. The highest BCUT2D eigenvalue weighted by Crippen LogP contribution is 2.26. The van der Waals surface area contributed by atoms with Crippen LogP contribution in [0.2, 0.25) is 0 Å². The first-order valence-electron chi connectivity index (χ1n) is 7.70. The van der Waals surface area contributed by atoms with E-state index in [9.17, 15) is 0 Å². The molecule has 2 aromatic carbocycles. The average Bonchev–Trinajstić information content (AvgIpc) is 2.47. The highest BCUT2D eigenvalue weighted by Gasteiger charge is 2.06. The van der Waals surface area contributed by atoms with Gasteiger partial charge in [-0.15, -0.1) is 0 Å². The largest absolute Gasteiger partial charge is 0.491 e. The highest BCUT2D eigenvalue weighted by molar-refractivity contribution is 5.66. The third-order valence-electron chi connectivity index (χ3n) is 3.44. The van der Waals surface area contributed by atoms with Gasteiger partial charge < -0.3 is 10.1 Å². The Bertz CT molecular complexity index is 577. The zero-order valence-electron chi connectivity index (χ0n) is 13.4. The van der Waals surface area contributed by atoms with Crippen LogP contribution in [0, 0.1) is 0 Å². The normalized spacial score (nSPS) is 12.4. The second-order valence-corrected chi connectivity index (χ2v) is 5.60. The van der Waals surface area contributed by atoms with Gasteiger partial charge in [-0.1, -0.05) is 37.3 Å². The summed E-state index contributed by atoms with van der Waals surface area (Å²) in [6.45, 7) is 9.40. The molecule has 1 N–H and O–H groups in total. The third-order valence-corrected chi connectivity index (χ3v) is 3.44. The molecular formula is C19H25NO. The van der Waals surface area contributed by atoms with Gasteiger partial charge in [-0.05, 0) is 62.2 Å². The van der Waals surface area contributed by atoms with Crippen LogP contribution in [0.15, 0.2) is 48.5 Å². The molecule has 2 aromatic rings. The van der Waals surface area contributed by atoms with Crippen LogP contribution in [0.25, 0.3) is 11.1 Å². The van der Waals surface area contributed by atoms with E-state index in [1.165, 1.54) is 16.7 Å². The Balaban J connectivity index is 2.27. The van der Waals surface area contributed by atoms with Crippen LogP contribution < -0.4 is 10.1 Å². The molecule has 0 aliphatic heterocycles. The van der Waals surface area contributed by atoms with Gasteiger partial charge in [-0.2, -0.15) is 0 Å². The molecule has 0 aromatic heterocycles. The Hall–Kier alpha value is -1.80. The summed E-state index contributed by atoms with van der Waals surface area (Å²) in [6, 6.07) is 17.4. The van der Waals surface area contributed by atoms with Crippen molar-refractivity contribution in [1.29, 1.82) is 0 Å². The average molecular weight is 283 g/mol. The fourth-order valence-corrected chi connectivity index (χ4v) is 2.43. The molecule has 1 atom stereocenters. The molecule has 0 amide bonds. The van der Waals surface area contributed by atoms with E-state index < -0.39 is 0 Å². The van der Waals surface area contributed by atoms with E-state index in [-0.39, 0.29) is 6.10 Å². The van der Waals surface area contributed by atoms with Crippen molar-refractivity contribution in [2.45, 2.75) is 39.8 Å². The van der Waals surface area contributed by atoms with Crippen LogP contribution in [0.1, 0.15) is 39.3 Å². The number of rotatable bonds is 6. The first-order valence-corrected chi connectivity index (χ1v) is 7.70. The number of hydrogen-bond donors (Lipinski definition) is 1. The van der Waals surface area contributed by atoms with Crippen LogP contribution in [0.5, 0.6) is 5.75 Å². The smallest absolute Gasteiger partial charge is 0.120 e. The molecule has 0 saturated heterocycles. The molecule has 0 saturated carbocycles. The van der Waals surface area contributed by atoms with Gasteiger partial charge in [0.05, 0.1) is 6.10 Å². The lowest BCUT2D eigenvalue weighted by Crippen LogP contribution is -2.17. The number of ether oxygens (including phenoxy) is 1. The lowest BCUT2D eigenvalue weighted by molar-refractivity contribution is 0.242. The predicted octanol–water partition coefficient (Wildman–Crippen LogP) is 4.81. The Morgan fingerprint density at radius 1 is 0.952 bits per heavy atom. The third kappa shape index (κ3) is 4.33. The second-order valence-electron chi connectivity index (χ2n) is 5.60. The van der Waals surface area contributed by atoms with Gasteiger partial charge >= 0.3 is 0 Å². The van der Waals surface area contributed by atoms with Gasteiger partial charge in [-0.3, -0.25) is 0 Å². The van der Waals surface area contributed by atoms with Gasteiger partial charge in [-0.25, -0.2) is 0 Å². The van der Waals surface area contributed by atoms with E-state index in [2.05, 4.69) is 55.6 Å². The molecule has 0 radical (unpaired) electrons. The number of nitrogens with one attached hydrogen (secondary N) is 1. The van der Waals surface area contributed by atoms with Crippen molar-refractivity contribution in [3.63, 3.8) is 0 Å². The summed E-state index contributed by atoms with van der Waals surface area (Å²) in [5.41, 5.74) is 3.73. The van der Waals surface area contributed by atoms with Crippen molar-refractivity contribution >= 4 is 0 Å². The minimum atomic E-state index is 0.195. The molecule has 0 aliphatic carbocycles. The Morgan fingerprint density at radius 3 is 2.29 bits per heavy atom. The van der Waals surface area contributed by atoms with Crippen LogP contribution in [-0.2, 0) is 0 Å². The quantitative estimate of drug-likeness (QED) is 0.821. The first kappa shape index (κ1) is 15.6. The van der Waals surface area contributed by atoms with Gasteiger partial charge in [0.15, 0.2) is 0 Å². The number of hydrogen-bond acceptors (Lipinski definition) is 2. The predicted molar refractivity (Wildman–Crippen MR) is 89.7 cm³/mol. The van der Waals surface area contributed by atoms with E-state index in [1.807, 2.05) is 26.0 Å². The maximum Gasteiger partial charge on any atom is 0.120 e. The van der Waals surface area contributed by atoms with Crippen molar-refractivity contribution < 1.29 is 4.74 Å². The molecule has 0 heterocycles. The van der Waals surface area contributed by atoms with E-state index in [4.69, 9.17) is 4.74 Å². The standard InChI is InChI=1S/C19H25NO/c1-5-20-15(4)16-8-6-9-17(12-16)18-10-7-11-19(13-18)21-14(2)3/h6-15,20H,5H2,1-4H3. The minimum absolute atomic E-state index is 0.195. The molecule has 21 heavy (non-hydrogen) atoms. The van der Waals surface area contributed by atoms with E-state index in [0.717, 1.165) is 12.3 Å². The summed E-state index contributed by atoms with van der Waals surface area (Å²) >= 11 is 0. The zero-order valence-corrected chi connectivity index (χ0v) is 13.4. The summed E-state index contributed by atoms with van der Waals surface area (Å²) in [4.78, 5) is 0. The first-order chi connectivity index (χ1) is 10.1. The fourth-order valence-electron chi connectivity index (χ4n) is 2.43. The van der Waals surface area contributed by atoms with E-state index in [0.29, 0.717) is 6.04 Å². The molecule has 2 rings (SSSR count). The molecular weight excluding hydrogens is 258 g/mol. The summed E-state index contributed by atoms with van der Waals surface area (Å²) in [5, 5.41) is 3.45. The summed E-state index contributed by atoms with van der Waals surface area (Å²) in [7, 11) is 0. The number of benzene rings is 2. The molecule has 0 aliphatic rings. The molecule has 0 fully saturated rings. The Labute approximate surface area is 128 Å². The highest BCUT2D eigenvalue weighted by atomic mass is 16.5. The molecule has 2 nitrogen and oxygen atoms in total. The zero-order chi connectivity index (χ0) is 15.2. The van der Waals surface area contributed by atoms with Crippen molar-refractivity contribution in [2.75, 3.05) is 6.54 Å². The lowest BCUT2D eigenvalue weighted by Gasteiger charge is -2.15. The summed E-state index contributed by atoms with van der Waals surface area (Å²) in [5.74, 6) is 0.924. The molecule has 112 valence electrons. The van der Waals surface area contributed by atoms with Gasteiger partial charge in [0, 0.05) is 6.04 Å². The fraction of sp³-hybridized carbons (Fsp3) is 0.368. The molecule has 0 spiro atoms. The van der Waals surface area contributed by atoms with Crippen molar-refractivity contribution in [1.82, 2.24) is 5.32 Å².